The third kappa shape index (κ3) is 3.34. The molecular formula is C18H25N5O. The quantitative estimate of drug-likeness (QED) is 0.785. The maximum atomic E-state index is 12.6. The van der Waals surface area contributed by atoms with E-state index in [4.69, 9.17) is 5.73 Å². The number of nitrogens with one attached hydrogen (secondary N) is 1. The molecule has 24 heavy (non-hydrogen) atoms. The minimum Gasteiger partial charge on any atom is -0.351 e. The predicted molar refractivity (Wildman–Crippen MR) is 94.2 cm³/mol. The first-order valence-electron chi connectivity index (χ1n) is 8.61. The summed E-state index contributed by atoms with van der Waals surface area (Å²) in [5, 5.41) is 7.59. The Bertz CT molecular complexity index is 695. The zero-order valence-corrected chi connectivity index (χ0v) is 14.2. The summed E-state index contributed by atoms with van der Waals surface area (Å²) < 4.78 is 1.93. The second-order valence-corrected chi connectivity index (χ2v) is 6.04. The maximum Gasteiger partial charge on any atom is 0.272 e. The van der Waals surface area contributed by atoms with Crippen LogP contribution in [0.3, 0.4) is 0 Å². The van der Waals surface area contributed by atoms with Crippen molar-refractivity contribution >= 4 is 5.91 Å². The average Bonchev–Trinajstić information content (AvgIpc) is 3.01. The first-order valence-corrected chi connectivity index (χ1v) is 8.61. The lowest BCUT2D eigenvalue weighted by molar-refractivity contribution is 0.0946. The molecule has 0 spiro atoms. The number of fused-ring (bicyclic) bond motifs is 1. The number of carbonyl (C=O) groups excluding carboxylic acids is 1. The highest BCUT2D eigenvalue weighted by Gasteiger charge is 2.27. The topological polar surface area (TPSA) is 76.2 Å². The number of nitrogens with zero attached hydrogens (tertiary/aromatic N) is 3. The van der Waals surface area contributed by atoms with Gasteiger partial charge in [0, 0.05) is 31.6 Å². The van der Waals surface area contributed by atoms with E-state index in [-0.39, 0.29) is 5.91 Å². The summed E-state index contributed by atoms with van der Waals surface area (Å²) in [6.07, 6.45) is 1.68. The Balaban J connectivity index is 1.96. The van der Waals surface area contributed by atoms with Crippen LogP contribution in [0.4, 0.5) is 0 Å². The first-order chi connectivity index (χ1) is 11.7. The van der Waals surface area contributed by atoms with Crippen molar-refractivity contribution in [2.45, 2.75) is 26.3 Å². The summed E-state index contributed by atoms with van der Waals surface area (Å²) in [5.41, 5.74) is 9.25. The minimum atomic E-state index is -0.104. The van der Waals surface area contributed by atoms with Crippen LogP contribution in [0.2, 0.25) is 0 Å². The maximum absolute atomic E-state index is 12.6. The third-order valence-electron chi connectivity index (χ3n) is 4.47. The molecule has 2 aromatic rings. The normalized spacial score (nSPS) is 14.4. The fraction of sp³-hybridized carbons (Fsp3) is 0.444. The molecule has 2 heterocycles. The zero-order chi connectivity index (χ0) is 16.9. The summed E-state index contributed by atoms with van der Waals surface area (Å²) in [4.78, 5) is 14.9. The van der Waals surface area contributed by atoms with Crippen molar-refractivity contribution in [2.24, 2.45) is 5.73 Å². The molecule has 6 nitrogen and oxygen atoms in total. The van der Waals surface area contributed by atoms with Crippen molar-refractivity contribution in [3.8, 4) is 5.69 Å². The number of aromatic nitrogens is 2. The van der Waals surface area contributed by atoms with Crippen LogP contribution < -0.4 is 11.1 Å². The van der Waals surface area contributed by atoms with Gasteiger partial charge >= 0.3 is 0 Å². The largest absolute Gasteiger partial charge is 0.351 e. The van der Waals surface area contributed by atoms with Crippen molar-refractivity contribution in [1.29, 1.82) is 0 Å². The van der Waals surface area contributed by atoms with Crippen LogP contribution in [0, 0.1) is 0 Å². The van der Waals surface area contributed by atoms with Crippen molar-refractivity contribution in [3.63, 3.8) is 0 Å². The second kappa shape index (κ2) is 7.59. The van der Waals surface area contributed by atoms with Gasteiger partial charge in [-0.15, -0.1) is 0 Å². The number of hydrogen-bond donors (Lipinski definition) is 2. The van der Waals surface area contributed by atoms with E-state index in [9.17, 15) is 4.79 Å². The average molecular weight is 327 g/mol. The van der Waals surface area contributed by atoms with Gasteiger partial charge in [0.1, 0.15) is 0 Å². The van der Waals surface area contributed by atoms with E-state index in [1.807, 2.05) is 35.0 Å². The molecule has 0 aliphatic carbocycles. The van der Waals surface area contributed by atoms with Gasteiger partial charge in [0.25, 0.3) is 5.91 Å². The van der Waals surface area contributed by atoms with E-state index in [1.165, 1.54) is 0 Å². The molecule has 3 rings (SSSR count). The Labute approximate surface area is 142 Å². The molecule has 0 unspecified atom stereocenters. The van der Waals surface area contributed by atoms with Crippen molar-refractivity contribution in [2.75, 3.05) is 26.2 Å². The minimum absolute atomic E-state index is 0.104. The smallest absolute Gasteiger partial charge is 0.272 e. The van der Waals surface area contributed by atoms with Gasteiger partial charge in [-0.3, -0.25) is 9.69 Å². The first kappa shape index (κ1) is 16.7. The summed E-state index contributed by atoms with van der Waals surface area (Å²) in [6.45, 7) is 6.05. The Morgan fingerprint density at radius 3 is 2.83 bits per heavy atom. The van der Waals surface area contributed by atoms with Gasteiger partial charge in [-0.2, -0.15) is 5.10 Å². The van der Waals surface area contributed by atoms with Crippen LogP contribution >= 0.6 is 0 Å². The Kier molecular flexibility index (Phi) is 5.27. The Morgan fingerprint density at radius 1 is 1.33 bits per heavy atom. The number of amides is 1. The molecule has 0 radical (unpaired) electrons. The van der Waals surface area contributed by atoms with E-state index in [0.717, 1.165) is 49.4 Å². The lowest BCUT2D eigenvalue weighted by Crippen LogP contribution is -2.32. The van der Waals surface area contributed by atoms with Crippen molar-refractivity contribution in [3.05, 3.63) is 47.3 Å². The summed E-state index contributed by atoms with van der Waals surface area (Å²) >= 11 is 0. The molecule has 0 atom stereocenters. The predicted octanol–water partition coefficient (Wildman–Crippen LogP) is 1.33. The molecular weight excluding hydrogens is 302 g/mol. The third-order valence-corrected chi connectivity index (χ3v) is 4.47. The molecule has 1 aromatic heterocycles. The molecule has 0 bridgehead atoms. The lowest BCUT2D eigenvalue weighted by Gasteiger charge is -2.26. The van der Waals surface area contributed by atoms with Crippen LogP contribution in [0.15, 0.2) is 30.3 Å². The molecule has 6 heteroatoms. The van der Waals surface area contributed by atoms with Crippen LogP contribution in [0.5, 0.6) is 0 Å². The number of benzene rings is 1. The zero-order valence-electron chi connectivity index (χ0n) is 14.2. The SMILES string of the molecule is CCN1CCc2c(c(C(=O)NCCCN)nn2-c2ccccc2)C1. The molecule has 0 saturated carbocycles. The monoisotopic (exact) mass is 327 g/mol. The van der Waals surface area contributed by atoms with Gasteiger partial charge in [0.05, 0.1) is 11.4 Å². The fourth-order valence-corrected chi connectivity index (χ4v) is 3.10. The molecule has 128 valence electrons. The van der Waals surface area contributed by atoms with Crippen LogP contribution in [0.25, 0.3) is 5.69 Å². The number of likely N-dealkylation sites (N-methyl/N-ethyl adjacent to an activating group) is 1. The van der Waals surface area contributed by atoms with Crippen LogP contribution in [0.1, 0.15) is 35.1 Å². The van der Waals surface area contributed by atoms with Gasteiger partial charge in [-0.05, 0) is 31.6 Å². The number of carbonyl (C=O) groups is 1. The number of rotatable bonds is 6. The van der Waals surface area contributed by atoms with Crippen molar-refractivity contribution < 1.29 is 4.79 Å². The number of nitrogens with two attached hydrogens (primary N) is 1. The highest BCUT2D eigenvalue weighted by molar-refractivity contribution is 5.94. The van der Waals surface area contributed by atoms with Crippen LogP contribution in [-0.2, 0) is 13.0 Å². The molecule has 1 aliphatic rings. The second-order valence-electron chi connectivity index (χ2n) is 6.04. The van der Waals surface area contributed by atoms with Gasteiger partial charge in [0.2, 0.25) is 0 Å². The summed E-state index contributed by atoms with van der Waals surface area (Å²) in [7, 11) is 0. The highest BCUT2D eigenvalue weighted by atomic mass is 16.1. The molecule has 0 saturated heterocycles. The highest BCUT2D eigenvalue weighted by Crippen LogP contribution is 2.25. The molecule has 1 aliphatic heterocycles. The van der Waals surface area contributed by atoms with Crippen molar-refractivity contribution in [1.82, 2.24) is 20.0 Å². The van der Waals surface area contributed by atoms with E-state index in [2.05, 4.69) is 22.2 Å². The Morgan fingerprint density at radius 2 is 2.12 bits per heavy atom. The van der Waals surface area contributed by atoms with Gasteiger partial charge in [-0.1, -0.05) is 25.1 Å². The number of hydrogen-bond acceptors (Lipinski definition) is 4. The van der Waals surface area contributed by atoms with E-state index >= 15 is 0 Å². The van der Waals surface area contributed by atoms with Gasteiger partial charge < -0.3 is 11.1 Å². The fourth-order valence-electron chi connectivity index (χ4n) is 3.10. The number of para-hydroxylation sites is 1. The van der Waals surface area contributed by atoms with Gasteiger partial charge in [-0.25, -0.2) is 4.68 Å². The van der Waals surface area contributed by atoms with E-state index in [0.29, 0.717) is 18.8 Å². The molecule has 3 N–H and O–H groups in total. The van der Waals surface area contributed by atoms with E-state index < -0.39 is 0 Å². The van der Waals surface area contributed by atoms with E-state index in [1.54, 1.807) is 0 Å². The van der Waals surface area contributed by atoms with Gasteiger partial charge in [0.15, 0.2) is 5.69 Å². The lowest BCUT2D eigenvalue weighted by atomic mass is 10.0. The molecule has 1 aromatic carbocycles. The summed E-state index contributed by atoms with van der Waals surface area (Å²) in [5.74, 6) is -0.104. The molecule has 1 amide bonds. The Hall–Kier alpha value is -2.18. The summed E-state index contributed by atoms with van der Waals surface area (Å²) in [6, 6.07) is 10.0. The standard InChI is InChI=1S/C18H25N5O/c1-2-22-12-9-16-15(13-22)17(18(24)20-11-6-10-19)21-23(16)14-7-4-3-5-8-14/h3-5,7-8H,2,6,9-13,19H2,1H3,(H,20,24). The van der Waals surface area contributed by atoms with Crippen LogP contribution in [-0.4, -0.2) is 46.8 Å². The molecule has 0 fully saturated rings.